The molecule has 0 aliphatic rings. The summed E-state index contributed by atoms with van der Waals surface area (Å²) in [5.41, 5.74) is 6.29. The molecule has 11 heteroatoms. The van der Waals surface area contributed by atoms with Crippen molar-refractivity contribution in [1.29, 1.82) is 0 Å². The van der Waals surface area contributed by atoms with E-state index in [0.29, 0.717) is 0 Å². The van der Waals surface area contributed by atoms with E-state index in [9.17, 15) is 29.4 Å². The lowest BCUT2D eigenvalue weighted by Crippen LogP contribution is -2.61. The van der Waals surface area contributed by atoms with Crippen LogP contribution in [-0.2, 0) is 25.6 Å². The predicted octanol–water partition coefficient (Wildman–Crippen LogP) is -2.12. The van der Waals surface area contributed by atoms with Crippen molar-refractivity contribution in [2.75, 3.05) is 0 Å². The van der Waals surface area contributed by atoms with Gasteiger partial charge in [0.25, 0.3) is 0 Å². The van der Waals surface area contributed by atoms with Crippen molar-refractivity contribution in [2.45, 2.75) is 63.6 Å². The molecule has 0 radical (unpaired) electrons. The second kappa shape index (κ2) is 12.0. The lowest BCUT2D eigenvalue weighted by molar-refractivity contribution is -0.146. The highest BCUT2D eigenvalue weighted by Gasteiger charge is 2.33. The van der Waals surface area contributed by atoms with Crippen molar-refractivity contribution < 1.29 is 34.5 Å². The summed E-state index contributed by atoms with van der Waals surface area (Å²) in [5, 5.41) is 35.5. The molecule has 0 spiro atoms. The van der Waals surface area contributed by atoms with E-state index in [1.807, 2.05) is 0 Å². The fourth-order valence-corrected chi connectivity index (χ4v) is 2.65. The third-order valence-electron chi connectivity index (χ3n) is 4.44. The quantitative estimate of drug-likeness (QED) is 0.204. The van der Waals surface area contributed by atoms with Crippen molar-refractivity contribution in [2.24, 2.45) is 5.73 Å². The lowest BCUT2D eigenvalue weighted by Gasteiger charge is -2.27. The van der Waals surface area contributed by atoms with Gasteiger partial charge in [-0.2, -0.15) is 0 Å². The Morgan fingerprint density at radius 2 is 1.35 bits per heavy atom. The van der Waals surface area contributed by atoms with E-state index in [1.165, 1.54) is 20.8 Å². The predicted molar refractivity (Wildman–Crippen MR) is 111 cm³/mol. The van der Waals surface area contributed by atoms with Gasteiger partial charge in [0, 0.05) is 6.42 Å². The molecule has 1 aromatic carbocycles. The van der Waals surface area contributed by atoms with Gasteiger partial charge in [-0.25, -0.2) is 4.79 Å². The Morgan fingerprint density at radius 1 is 0.839 bits per heavy atom. The maximum absolute atomic E-state index is 12.9. The van der Waals surface area contributed by atoms with E-state index in [2.05, 4.69) is 16.0 Å². The van der Waals surface area contributed by atoms with Crippen LogP contribution in [-0.4, -0.2) is 75.4 Å². The molecule has 3 amide bonds. The highest BCUT2D eigenvalue weighted by molar-refractivity contribution is 5.94. The number of hydrogen-bond acceptors (Lipinski definition) is 7. The van der Waals surface area contributed by atoms with Gasteiger partial charge < -0.3 is 37.0 Å². The lowest BCUT2D eigenvalue weighted by atomic mass is 10.0. The number of amides is 3. The SMILES string of the molecule is CC(N)C(=O)NC(Cc1ccccc1)C(=O)NC(C(=O)NC(C(=O)O)C(C)O)C(C)O. The first kappa shape index (κ1) is 26.0. The van der Waals surface area contributed by atoms with Crippen LogP contribution in [0.25, 0.3) is 0 Å². The number of nitrogens with one attached hydrogen (secondary N) is 3. The number of benzene rings is 1. The number of rotatable bonds is 11. The first-order chi connectivity index (χ1) is 14.4. The summed E-state index contributed by atoms with van der Waals surface area (Å²) < 4.78 is 0. The number of carbonyl (C=O) groups is 4. The third kappa shape index (κ3) is 8.32. The number of carboxylic acid groups (broad SMARTS) is 1. The number of aliphatic hydroxyl groups is 2. The maximum Gasteiger partial charge on any atom is 0.328 e. The molecule has 1 aromatic rings. The molecule has 6 unspecified atom stereocenters. The number of nitrogens with two attached hydrogens (primary N) is 1. The molecule has 8 N–H and O–H groups in total. The Morgan fingerprint density at radius 3 is 1.81 bits per heavy atom. The molecule has 0 heterocycles. The molecule has 31 heavy (non-hydrogen) atoms. The Kier molecular flexibility index (Phi) is 10.1. The van der Waals surface area contributed by atoms with Crippen molar-refractivity contribution in [1.82, 2.24) is 16.0 Å². The highest BCUT2D eigenvalue weighted by atomic mass is 16.4. The first-order valence-corrected chi connectivity index (χ1v) is 9.73. The largest absolute Gasteiger partial charge is 0.480 e. The molecule has 0 aromatic heterocycles. The summed E-state index contributed by atoms with van der Waals surface area (Å²) in [4.78, 5) is 48.6. The van der Waals surface area contributed by atoms with Gasteiger partial charge >= 0.3 is 5.97 Å². The van der Waals surface area contributed by atoms with Crippen molar-refractivity contribution in [3.8, 4) is 0 Å². The van der Waals surface area contributed by atoms with Crippen LogP contribution < -0.4 is 21.7 Å². The topological polar surface area (TPSA) is 191 Å². The van der Waals surface area contributed by atoms with Gasteiger partial charge in [0.15, 0.2) is 6.04 Å². The van der Waals surface area contributed by atoms with Gasteiger partial charge in [-0.15, -0.1) is 0 Å². The monoisotopic (exact) mass is 438 g/mol. The van der Waals surface area contributed by atoms with Gasteiger partial charge in [0.1, 0.15) is 12.1 Å². The molecule has 172 valence electrons. The first-order valence-electron chi connectivity index (χ1n) is 9.73. The molecule has 0 aliphatic heterocycles. The van der Waals surface area contributed by atoms with Crippen LogP contribution in [0, 0.1) is 0 Å². The minimum Gasteiger partial charge on any atom is -0.480 e. The minimum absolute atomic E-state index is 0.0880. The Bertz CT molecular complexity index is 768. The molecule has 1 rings (SSSR count). The number of carbonyl (C=O) groups excluding carboxylic acids is 3. The number of aliphatic carboxylic acids is 1. The zero-order chi connectivity index (χ0) is 23.7. The van der Waals surface area contributed by atoms with Crippen LogP contribution >= 0.6 is 0 Å². The van der Waals surface area contributed by atoms with Gasteiger partial charge in [-0.3, -0.25) is 14.4 Å². The van der Waals surface area contributed by atoms with Gasteiger partial charge in [0.2, 0.25) is 17.7 Å². The third-order valence-corrected chi connectivity index (χ3v) is 4.44. The Hall–Kier alpha value is -3.02. The summed E-state index contributed by atoms with van der Waals surface area (Å²) in [6.07, 6.45) is -2.72. The van der Waals surface area contributed by atoms with Crippen molar-refractivity contribution >= 4 is 23.7 Å². The zero-order valence-electron chi connectivity index (χ0n) is 17.6. The molecule has 6 atom stereocenters. The smallest absolute Gasteiger partial charge is 0.328 e. The summed E-state index contributed by atoms with van der Waals surface area (Å²) in [6.45, 7) is 3.85. The Balaban J connectivity index is 3.02. The van der Waals surface area contributed by atoms with Gasteiger partial charge in [-0.1, -0.05) is 30.3 Å². The summed E-state index contributed by atoms with van der Waals surface area (Å²) in [5.74, 6) is -3.85. The fraction of sp³-hybridized carbons (Fsp3) is 0.500. The summed E-state index contributed by atoms with van der Waals surface area (Å²) in [7, 11) is 0. The normalized spacial score (nSPS) is 16.7. The number of carboxylic acids is 1. The van der Waals surface area contributed by atoms with Gasteiger partial charge in [-0.05, 0) is 26.3 Å². The molecular formula is C20H30N4O7. The molecule has 0 saturated carbocycles. The van der Waals surface area contributed by atoms with E-state index < -0.39 is 60.1 Å². The van der Waals surface area contributed by atoms with E-state index >= 15 is 0 Å². The number of hydrogen-bond donors (Lipinski definition) is 7. The molecule has 0 aliphatic carbocycles. The van der Waals surface area contributed by atoms with Crippen LogP contribution in [0.5, 0.6) is 0 Å². The van der Waals surface area contributed by atoms with Crippen LogP contribution in [0.3, 0.4) is 0 Å². The standard InChI is InChI=1S/C20H30N4O7/c1-10(21)17(27)22-14(9-13-7-5-4-6-8-13)18(28)23-15(11(2)25)19(29)24-16(12(3)26)20(30)31/h4-8,10-12,14-16,25-26H,9,21H2,1-3H3,(H,22,27)(H,23,28)(H,24,29)(H,30,31). The second-order valence-electron chi connectivity index (χ2n) is 7.33. The fourth-order valence-electron chi connectivity index (χ4n) is 2.65. The van der Waals surface area contributed by atoms with Crippen molar-refractivity contribution in [3.05, 3.63) is 35.9 Å². The van der Waals surface area contributed by atoms with Crippen LogP contribution in [0.2, 0.25) is 0 Å². The molecule has 0 fully saturated rings. The van der Waals surface area contributed by atoms with E-state index in [4.69, 9.17) is 10.8 Å². The minimum atomic E-state index is -1.64. The van der Waals surface area contributed by atoms with Crippen LogP contribution in [0.4, 0.5) is 0 Å². The van der Waals surface area contributed by atoms with E-state index in [1.54, 1.807) is 30.3 Å². The summed E-state index contributed by atoms with van der Waals surface area (Å²) in [6, 6.07) is 3.63. The average molecular weight is 438 g/mol. The molecule has 0 bridgehead atoms. The van der Waals surface area contributed by atoms with Gasteiger partial charge in [0.05, 0.1) is 18.2 Å². The molecule has 11 nitrogen and oxygen atoms in total. The molecule has 0 saturated heterocycles. The second-order valence-corrected chi connectivity index (χ2v) is 7.33. The van der Waals surface area contributed by atoms with Crippen molar-refractivity contribution in [3.63, 3.8) is 0 Å². The molecular weight excluding hydrogens is 408 g/mol. The van der Waals surface area contributed by atoms with Crippen LogP contribution in [0.1, 0.15) is 26.3 Å². The average Bonchev–Trinajstić information content (AvgIpc) is 2.69. The number of aliphatic hydroxyl groups excluding tert-OH is 2. The highest BCUT2D eigenvalue weighted by Crippen LogP contribution is 2.06. The maximum atomic E-state index is 12.9. The Labute approximate surface area is 180 Å². The van der Waals surface area contributed by atoms with E-state index in [-0.39, 0.29) is 6.42 Å². The van der Waals surface area contributed by atoms with Crippen LogP contribution in [0.15, 0.2) is 30.3 Å². The zero-order valence-corrected chi connectivity index (χ0v) is 17.6. The summed E-state index contributed by atoms with van der Waals surface area (Å²) >= 11 is 0. The van der Waals surface area contributed by atoms with E-state index in [0.717, 1.165) is 5.56 Å².